The molecule has 1 saturated heterocycles. The van der Waals surface area contributed by atoms with Gasteiger partial charge in [0.05, 0.1) is 42.8 Å². The minimum atomic E-state index is -1.56. The molecule has 3 fully saturated rings. The van der Waals surface area contributed by atoms with Crippen LogP contribution >= 0.6 is 11.6 Å². The summed E-state index contributed by atoms with van der Waals surface area (Å²) in [7, 11) is -1.56. The van der Waals surface area contributed by atoms with Crippen molar-refractivity contribution in [3.05, 3.63) is 65.7 Å². The first-order valence-electron chi connectivity index (χ1n) is 12.5. The molecule has 0 radical (unpaired) electrons. The lowest BCUT2D eigenvalue weighted by molar-refractivity contribution is -0.140. The van der Waals surface area contributed by atoms with Crippen LogP contribution in [-0.4, -0.2) is 64.0 Å². The maximum atomic E-state index is 14.9. The molecule has 1 N–H and O–H groups in total. The maximum Gasteiger partial charge on any atom is 0.243 e. The van der Waals surface area contributed by atoms with Crippen molar-refractivity contribution < 1.29 is 18.2 Å². The Hall–Kier alpha value is -3.18. The average molecular weight is 557 g/mol. The van der Waals surface area contributed by atoms with Crippen molar-refractivity contribution >= 4 is 34.2 Å². The second-order valence-corrected chi connectivity index (χ2v) is 12.7. The summed E-state index contributed by atoms with van der Waals surface area (Å²) in [6.07, 6.45) is 7.04. The number of benzene rings is 1. The summed E-state index contributed by atoms with van der Waals surface area (Å²) >= 11 is 5.89. The minimum absolute atomic E-state index is 0.0429. The van der Waals surface area contributed by atoms with Crippen LogP contribution in [0.2, 0.25) is 5.02 Å². The highest BCUT2D eigenvalue weighted by molar-refractivity contribution is 7.85. The lowest BCUT2D eigenvalue weighted by Gasteiger charge is -2.29. The summed E-state index contributed by atoms with van der Waals surface area (Å²) in [4.78, 5) is 37.6. The van der Waals surface area contributed by atoms with Crippen molar-refractivity contribution in [2.24, 2.45) is 0 Å². The molecule has 0 spiro atoms. The molecule has 9 nitrogen and oxygen atoms in total. The SMILES string of the molecule is CC1(NC(=O)[C@@H]2C[C@@H](S(=O)c3ccccc3-n3cncn3)CN2C(=O)C2(c3ncc(Cl)cc3F)CC2)CC1. The fourth-order valence-corrected chi connectivity index (χ4v) is 6.90. The van der Waals surface area contributed by atoms with E-state index in [0.29, 0.717) is 23.4 Å². The van der Waals surface area contributed by atoms with Gasteiger partial charge in [0.1, 0.15) is 24.5 Å². The van der Waals surface area contributed by atoms with E-state index < -0.39 is 33.3 Å². The Morgan fingerprint density at radius 1 is 1.21 bits per heavy atom. The van der Waals surface area contributed by atoms with Gasteiger partial charge in [0.15, 0.2) is 0 Å². The van der Waals surface area contributed by atoms with E-state index in [2.05, 4.69) is 20.4 Å². The standard InChI is InChI=1S/C26H26ClFN6O3S/c1-25(6-7-25)32-23(35)20-11-17(38(37)21-5-3-2-4-19(21)34-15-29-14-31-34)13-33(20)24(36)26(8-9-26)22-18(28)10-16(27)12-30-22/h2-5,10,12,14-15,17,20H,6-9,11,13H2,1H3,(H,32,35)/t17-,20+,38?/m1/s1. The normalized spacial score (nSPS) is 23.6. The molecule has 38 heavy (non-hydrogen) atoms. The molecule has 3 heterocycles. The van der Waals surface area contributed by atoms with Crippen LogP contribution in [0.3, 0.4) is 0 Å². The van der Waals surface area contributed by atoms with Crippen LogP contribution in [-0.2, 0) is 25.8 Å². The number of likely N-dealkylation sites (tertiary alicyclic amines) is 1. The molecule has 2 amide bonds. The van der Waals surface area contributed by atoms with E-state index in [9.17, 15) is 18.2 Å². The number of nitrogens with zero attached hydrogens (tertiary/aromatic N) is 5. The molecule has 6 rings (SSSR count). The third-order valence-corrected chi connectivity index (χ3v) is 9.65. The molecule has 2 aliphatic carbocycles. The number of hydrogen-bond acceptors (Lipinski definition) is 6. The van der Waals surface area contributed by atoms with Crippen LogP contribution in [0.4, 0.5) is 4.39 Å². The lowest BCUT2D eigenvalue weighted by Crippen LogP contribution is -2.51. The van der Waals surface area contributed by atoms with Gasteiger partial charge in [-0.1, -0.05) is 23.7 Å². The molecule has 2 aromatic heterocycles. The fourth-order valence-electron chi connectivity index (χ4n) is 5.17. The Labute approximate surface area is 226 Å². The van der Waals surface area contributed by atoms with Gasteiger partial charge >= 0.3 is 0 Å². The molecular weight excluding hydrogens is 531 g/mol. The van der Waals surface area contributed by atoms with E-state index in [1.165, 1.54) is 28.4 Å². The zero-order valence-corrected chi connectivity index (χ0v) is 22.2. The number of rotatable bonds is 7. The van der Waals surface area contributed by atoms with E-state index in [0.717, 1.165) is 18.9 Å². The number of nitrogens with one attached hydrogen (secondary N) is 1. The van der Waals surface area contributed by atoms with Gasteiger partial charge in [-0.25, -0.2) is 14.1 Å². The zero-order chi connectivity index (χ0) is 26.7. The predicted octanol–water partition coefficient (Wildman–Crippen LogP) is 2.93. The fraction of sp³-hybridized carbons (Fsp3) is 0.423. The van der Waals surface area contributed by atoms with Gasteiger partial charge in [-0.3, -0.25) is 18.8 Å². The highest BCUT2D eigenvalue weighted by atomic mass is 35.5. The van der Waals surface area contributed by atoms with Crippen molar-refractivity contribution in [2.45, 2.75) is 66.2 Å². The Bertz CT molecular complexity index is 1440. The number of aromatic nitrogens is 4. The van der Waals surface area contributed by atoms with Crippen molar-refractivity contribution in [1.29, 1.82) is 0 Å². The average Bonchev–Trinajstić information content (AvgIpc) is 3.70. The number of amides is 2. The summed E-state index contributed by atoms with van der Waals surface area (Å²) in [5.41, 5.74) is -0.776. The minimum Gasteiger partial charge on any atom is -0.349 e. The third kappa shape index (κ3) is 4.41. The summed E-state index contributed by atoms with van der Waals surface area (Å²) < 4.78 is 30.3. The van der Waals surface area contributed by atoms with Gasteiger partial charge in [-0.2, -0.15) is 5.10 Å². The molecule has 198 valence electrons. The Kier molecular flexibility index (Phi) is 6.10. The lowest BCUT2D eigenvalue weighted by atomic mass is 9.98. The third-order valence-electron chi connectivity index (χ3n) is 7.72. The predicted molar refractivity (Wildman–Crippen MR) is 138 cm³/mol. The molecule has 0 bridgehead atoms. The van der Waals surface area contributed by atoms with E-state index in [4.69, 9.17) is 11.6 Å². The number of para-hydroxylation sites is 1. The molecule has 1 aliphatic heterocycles. The van der Waals surface area contributed by atoms with Crippen LogP contribution < -0.4 is 5.32 Å². The largest absolute Gasteiger partial charge is 0.349 e. The number of carbonyl (C=O) groups is 2. The summed E-state index contributed by atoms with van der Waals surface area (Å²) in [6, 6.07) is 7.50. The van der Waals surface area contributed by atoms with E-state index in [1.54, 1.807) is 18.2 Å². The second-order valence-electron chi connectivity index (χ2n) is 10.6. The van der Waals surface area contributed by atoms with Crippen LogP contribution in [0, 0.1) is 5.82 Å². The molecule has 3 aliphatic rings. The van der Waals surface area contributed by atoms with Crippen LogP contribution in [0.5, 0.6) is 0 Å². The van der Waals surface area contributed by atoms with Gasteiger partial charge in [-0.15, -0.1) is 0 Å². The van der Waals surface area contributed by atoms with Crippen LogP contribution in [0.25, 0.3) is 5.69 Å². The van der Waals surface area contributed by atoms with Gasteiger partial charge in [0.25, 0.3) is 0 Å². The summed E-state index contributed by atoms with van der Waals surface area (Å²) in [5.74, 6) is -1.28. The van der Waals surface area contributed by atoms with Crippen molar-refractivity contribution in [1.82, 2.24) is 30.0 Å². The van der Waals surface area contributed by atoms with Gasteiger partial charge in [0, 0.05) is 18.3 Å². The van der Waals surface area contributed by atoms with Gasteiger partial charge in [-0.05, 0) is 57.2 Å². The highest BCUT2D eigenvalue weighted by Gasteiger charge is 2.59. The van der Waals surface area contributed by atoms with Gasteiger partial charge < -0.3 is 10.2 Å². The van der Waals surface area contributed by atoms with Crippen LogP contribution in [0.1, 0.15) is 44.7 Å². The summed E-state index contributed by atoms with van der Waals surface area (Å²) in [6.45, 7) is 2.06. The first-order valence-corrected chi connectivity index (χ1v) is 14.1. The monoisotopic (exact) mass is 556 g/mol. The summed E-state index contributed by atoms with van der Waals surface area (Å²) in [5, 5.41) is 6.86. The van der Waals surface area contributed by atoms with Crippen molar-refractivity contribution in [3.8, 4) is 5.69 Å². The molecule has 1 unspecified atom stereocenters. The smallest absolute Gasteiger partial charge is 0.243 e. The topological polar surface area (TPSA) is 110 Å². The molecule has 3 atom stereocenters. The van der Waals surface area contributed by atoms with Crippen molar-refractivity contribution in [2.75, 3.05) is 6.54 Å². The second kappa shape index (κ2) is 9.23. The first-order chi connectivity index (χ1) is 18.2. The zero-order valence-electron chi connectivity index (χ0n) is 20.6. The molecule has 3 aromatic rings. The number of halogens is 2. The van der Waals surface area contributed by atoms with Crippen molar-refractivity contribution in [3.63, 3.8) is 0 Å². The number of pyridine rings is 1. The molecule has 2 saturated carbocycles. The van der Waals surface area contributed by atoms with E-state index in [-0.39, 0.29) is 41.0 Å². The maximum absolute atomic E-state index is 14.9. The molecule has 12 heteroatoms. The number of carbonyl (C=O) groups excluding carboxylic acids is 2. The Balaban J connectivity index is 1.32. The Morgan fingerprint density at radius 3 is 2.63 bits per heavy atom. The number of hydrogen-bond donors (Lipinski definition) is 1. The van der Waals surface area contributed by atoms with E-state index in [1.807, 2.05) is 13.0 Å². The molecular formula is C26H26ClFN6O3S. The Morgan fingerprint density at radius 2 is 1.97 bits per heavy atom. The molecule has 1 aromatic carbocycles. The highest BCUT2D eigenvalue weighted by Crippen LogP contribution is 2.51. The van der Waals surface area contributed by atoms with E-state index >= 15 is 0 Å². The van der Waals surface area contributed by atoms with Crippen LogP contribution in [0.15, 0.2) is 54.1 Å². The quantitative estimate of drug-likeness (QED) is 0.479. The van der Waals surface area contributed by atoms with Gasteiger partial charge in [0.2, 0.25) is 11.8 Å². The first kappa shape index (κ1) is 25.1.